The van der Waals surface area contributed by atoms with Crippen molar-refractivity contribution < 1.29 is 14.4 Å². The Morgan fingerprint density at radius 3 is 2.61 bits per heavy atom. The summed E-state index contributed by atoms with van der Waals surface area (Å²) < 4.78 is 0.977. The molecule has 0 aliphatic carbocycles. The highest BCUT2D eigenvalue weighted by Crippen LogP contribution is 2.31. The minimum absolute atomic E-state index is 0.00704. The van der Waals surface area contributed by atoms with Crippen LogP contribution in [0.3, 0.4) is 0 Å². The van der Waals surface area contributed by atoms with Crippen LogP contribution in [0.4, 0.5) is 5.13 Å². The van der Waals surface area contributed by atoms with E-state index in [1.807, 2.05) is 31.2 Å². The molecule has 1 aliphatic heterocycles. The Bertz CT molecular complexity index is 1160. The van der Waals surface area contributed by atoms with Gasteiger partial charge in [0.2, 0.25) is 5.91 Å². The molecule has 8 nitrogen and oxygen atoms in total. The molecule has 0 spiro atoms. The zero-order valence-corrected chi connectivity index (χ0v) is 20.1. The van der Waals surface area contributed by atoms with Crippen molar-refractivity contribution in [3.8, 4) is 0 Å². The lowest BCUT2D eigenvalue weighted by Crippen LogP contribution is -2.50. The Kier molecular flexibility index (Phi) is 7.14. The number of aryl methyl sites for hydroxylation is 1. The minimum atomic E-state index is -0.218. The first-order valence-electron chi connectivity index (χ1n) is 10.6. The number of thioether (sulfide) groups is 1. The predicted molar refractivity (Wildman–Crippen MR) is 130 cm³/mol. The summed E-state index contributed by atoms with van der Waals surface area (Å²) in [5, 5.41) is 3.35. The molecule has 2 N–H and O–H groups in total. The van der Waals surface area contributed by atoms with E-state index in [2.05, 4.69) is 15.3 Å². The van der Waals surface area contributed by atoms with Gasteiger partial charge < -0.3 is 14.8 Å². The van der Waals surface area contributed by atoms with E-state index >= 15 is 0 Å². The number of aromatic nitrogens is 2. The Morgan fingerprint density at radius 2 is 1.91 bits per heavy atom. The highest BCUT2D eigenvalue weighted by Gasteiger charge is 2.23. The third-order valence-electron chi connectivity index (χ3n) is 5.34. The Hall–Kier alpha value is -3.11. The maximum absolute atomic E-state index is 12.9. The number of thiazole rings is 1. The van der Waals surface area contributed by atoms with Gasteiger partial charge in [0.25, 0.3) is 11.8 Å². The molecule has 1 aromatic carbocycles. The van der Waals surface area contributed by atoms with Crippen LogP contribution in [-0.2, 0) is 10.5 Å². The molecule has 0 atom stereocenters. The second-order valence-corrected chi connectivity index (χ2v) is 10.1. The fourth-order valence-corrected chi connectivity index (χ4v) is 5.35. The van der Waals surface area contributed by atoms with Crippen molar-refractivity contribution in [1.82, 2.24) is 19.8 Å². The number of anilines is 1. The summed E-state index contributed by atoms with van der Waals surface area (Å²) in [5.74, 6) is 0.507. The second kappa shape index (κ2) is 10.2. The smallest absolute Gasteiger partial charge is 0.273 e. The highest BCUT2D eigenvalue weighted by molar-refractivity contribution is 8.00. The summed E-state index contributed by atoms with van der Waals surface area (Å²) in [6.07, 6.45) is 3.53. The van der Waals surface area contributed by atoms with Gasteiger partial charge in [-0.2, -0.15) is 0 Å². The molecule has 0 saturated carbocycles. The monoisotopic (exact) mass is 483 g/mol. The Labute approximate surface area is 200 Å². The summed E-state index contributed by atoms with van der Waals surface area (Å²) >= 11 is 3.03. The van der Waals surface area contributed by atoms with E-state index in [1.54, 1.807) is 46.9 Å². The van der Waals surface area contributed by atoms with Gasteiger partial charge in [-0.05, 0) is 36.2 Å². The van der Waals surface area contributed by atoms with Gasteiger partial charge in [-0.25, -0.2) is 4.98 Å². The number of amides is 3. The molecule has 0 unspecified atom stereocenters. The summed E-state index contributed by atoms with van der Waals surface area (Å²) in [5.41, 5.74) is 3.19. The average molecular weight is 484 g/mol. The van der Waals surface area contributed by atoms with Gasteiger partial charge in [0.1, 0.15) is 5.69 Å². The van der Waals surface area contributed by atoms with E-state index in [0.29, 0.717) is 48.3 Å². The lowest BCUT2D eigenvalue weighted by atomic mass is 10.1. The first-order valence-corrected chi connectivity index (χ1v) is 12.4. The first-order chi connectivity index (χ1) is 15.9. The number of carbonyl (C=O) groups is 3. The zero-order valence-electron chi connectivity index (χ0n) is 18.5. The van der Waals surface area contributed by atoms with Crippen molar-refractivity contribution in [2.45, 2.75) is 23.8 Å². The lowest BCUT2D eigenvalue weighted by molar-refractivity contribution is -0.130. The summed E-state index contributed by atoms with van der Waals surface area (Å²) in [4.78, 5) is 47.4. The van der Waals surface area contributed by atoms with Gasteiger partial charge in [-0.15, -0.1) is 11.8 Å². The first kappa shape index (κ1) is 23.1. The molecule has 3 amide bonds. The lowest BCUT2D eigenvalue weighted by Gasteiger charge is -2.34. The van der Waals surface area contributed by atoms with Crippen LogP contribution in [0, 0.1) is 6.92 Å². The van der Waals surface area contributed by atoms with Crippen molar-refractivity contribution in [1.29, 1.82) is 0 Å². The number of nitrogens with zero attached hydrogens (tertiary/aromatic N) is 3. The summed E-state index contributed by atoms with van der Waals surface area (Å²) in [6, 6.07) is 9.43. The maximum atomic E-state index is 12.9. The molecule has 2 aromatic heterocycles. The summed E-state index contributed by atoms with van der Waals surface area (Å²) in [7, 11) is 0. The van der Waals surface area contributed by atoms with Gasteiger partial charge in [-0.3, -0.25) is 19.7 Å². The van der Waals surface area contributed by atoms with Crippen molar-refractivity contribution in [3.63, 3.8) is 0 Å². The number of benzene rings is 1. The highest BCUT2D eigenvalue weighted by atomic mass is 32.2. The van der Waals surface area contributed by atoms with E-state index in [0.717, 1.165) is 15.3 Å². The topological polar surface area (TPSA) is 98.4 Å². The van der Waals surface area contributed by atoms with E-state index < -0.39 is 0 Å². The third kappa shape index (κ3) is 5.82. The van der Waals surface area contributed by atoms with Crippen LogP contribution in [0.25, 0.3) is 0 Å². The standard InChI is InChI=1S/C23H25N5O3S2/c1-15-10-19(24-12-15)21(30)26-23-25-13-20(33-23)32-14-17-4-3-5-18(11-17)22(31)28-8-6-27(7-9-28)16(2)29/h3-5,10-13,24H,6-9,14H2,1-2H3,(H,25,26,30). The third-order valence-corrected chi connectivity index (χ3v) is 7.52. The molecule has 3 heterocycles. The maximum Gasteiger partial charge on any atom is 0.273 e. The second-order valence-electron chi connectivity index (χ2n) is 7.82. The van der Waals surface area contributed by atoms with E-state index in [1.165, 1.54) is 11.3 Å². The van der Waals surface area contributed by atoms with E-state index in [-0.39, 0.29) is 17.7 Å². The number of rotatable bonds is 6. The quantitative estimate of drug-likeness (QED) is 0.522. The summed E-state index contributed by atoms with van der Waals surface area (Å²) in [6.45, 7) is 5.72. The molecule has 33 heavy (non-hydrogen) atoms. The van der Waals surface area contributed by atoms with Crippen LogP contribution in [0.2, 0.25) is 0 Å². The molecule has 1 saturated heterocycles. The van der Waals surface area contributed by atoms with Gasteiger partial charge in [0.05, 0.1) is 10.4 Å². The largest absolute Gasteiger partial charge is 0.357 e. The van der Waals surface area contributed by atoms with Crippen LogP contribution in [0.5, 0.6) is 0 Å². The van der Waals surface area contributed by atoms with Gasteiger partial charge in [-0.1, -0.05) is 23.5 Å². The number of nitrogens with one attached hydrogen (secondary N) is 2. The number of hydrogen-bond acceptors (Lipinski definition) is 6. The number of H-pyrrole nitrogens is 1. The van der Waals surface area contributed by atoms with Crippen LogP contribution < -0.4 is 5.32 Å². The van der Waals surface area contributed by atoms with Crippen LogP contribution >= 0.6 is 23.1 Å². The molecular weight excluding hydrogens is 458 g/mol. The fourth-order valence-electron chi connectivity index (χ4n) is 3.54. The number of aromatic amines is 1. The Balaban J connectivity index is 1.31. The number of piperazine rings is 1. The molecule has 10 heteroatoms. The van der Waals surface area contributed by atoms with E-state index in [9.17, 15) is 14.4 Å². The Morgan fingerprint density at radius 1 is 1.15 bits per heavy atom. The molecule has 0 bridgehead atoms. The minimum Gasteiger partial charge on any atom is -0.357 e. The fraction of sp³-hybridized carbons (Fsp3) is 0.304. The van der Waals surface area contributed by atoms with Gasteiger partial charge >= 0.3 is 0 Å². The number of carbonyl (C=O) groups excluding carboxylic acids is 3. The SMILES string of the molecule is CC(=O)N1CCN(C(=O)c2cccc(CSc3cnc(NC(=O)c4cc(C)c[nH]4)s3)c2)CC1. The molecule has 1 aliphatic rings. The van der Waals surface area contributed by atoms with Gasteiger partial charge in [0.15, 0.2) is 5.13 Å². The van der Waals surface area contributed by atoms with Crippen LogP contribution in [-0.4, -0.2) is 63.7 Å². The molecule has 3 aromatic rings. The van der Waals surface area contributed by atoms with Gasteiger partial charge in [0, 0.05) is 50.6 Å². The molecule has 172 valence electrons. The average Bonchev–Trinajstić information content (AvgIpc) is 3.46. The van der Waals surface area contributed by atoms with E-state index in [4.69, 9.17) is 0 Å². The molecule has 4 rings (SSSR count). The van der Waals surface area contributed by atoms with Crippen LogP contribution in [0.15, 0.2) is 46.9 Å². The molecule has 1 fully saturated rings. The zero-order chi connectivity index (χ0) is 23.4. The van der Waals surface area contributed by atoms with Crippen molar-refractivity contribution in [2.75, 3.05) is 31.5 Å². The van der Waals surface area contributed by atoms with Crippen molar-refractivity contribution in [3.05, 3.63) is 65.1 Å². The van der Waals surface area contributed by atoms with Crippen molar-refractivity contribution in [2.24, 2.45) is 0 Å². The van der Waals surface area contributed by atoms with Crippen LogP contribution in [0.1, 0.15) is 38.9 Å². The molecular formula is C23H25N5O3S2. The predicted octanol–water partition coefficient (Wildman–Crippen LogP) is 3.63. The van der Waals surface area contributed by atoms with Crippen molar-refractivity contribution >= 4 is 46.0 Å². The molecule has 0 radical (unpaired) electrons. The normalized spacial score (nSPS) is 13.8. The number of hydrogen-bond donors (Lipinski definition) is 2.